The number of hydrogen-bond donors (Lipinski definition) is 1. The maximum Gasteiger partial charge on any atom is 0.327 e. The van der Waals surface area contributed by atoms with Crippen LogP contribution in [0.25, 0.3) is 0 Å². The van der Waals surface area contributed by atoms with E-state index in [0.717, 1.165) is 15.6 Å². The molecule has 1 amide bonds. The zero-order valence-corrected chi connectivity index (χ0v) is 16.7. The van der Waals surface area contributed by atoms with E-state index in [1.165, 1.54) is 12.4 Å². The van der Waals surface area contributed by atoms with Gasteiger partial charge in [0.2, 0.25) is 0 Å². The number of hydrogen-bond acceptors (Lipinski definition) is 6. The molecule has 0 fully saturated rings. The van der Waals surface area contributed by atoms with Crippen molar-refractivity contribution in [1.82, 2.24) is 10.4 Å². The molecule has 0 bridgehead atoms. The van der Waals surface area contributed by atoms with Gasteiger partial charge in [0.25, 0.3) is 5.89 Å². The Bertz CT molecular complexity index is 957. The van der Waals surface area contributed by atoms with Gasteiger partial charge in [0, 0.05) is 10.0 Å². The third kappa shape index (κ3) is 5.43. The van der Waals surface area contributed by atoms with E-state index in [4.69, 9.17) is 13.9 Å². The molecule has 0 radical (unpaired) electrons. The lowest BCUT2D eigenvalue weighted by atomic mass is 10.2. The summed E-state index contributed by atoms with van der Waals surface area (Å²) in [6.07, 6.45) is 2.84. The van der Waals surface area contributed by atoms with Crippen molar-refractivity contribution >= 4 is 28.1 Å². The lowest BCUT2D eigenvalue weighted by Crippen LogP contribution is -2.17. The van der Waals surface area contributed by atoms with Crippen LogP contribution in [0.3, 0.4) is 0 Å². The minimum atomic E-state index is -0.574. The van der Waals surface area contributed by atoms with Gasteiger partial charge in [-0.05, 0) is 30.7 Å². The fourth-order valence-corrected chi connectivity index (χ4v) is 2.58. The Morgan fingerprint density at radius 1 is 1.25 bits per heavy atom. The Kier molecular flexibility index (Phi) is 6.80. The molecule has 0 saturated carbocycles. The molecule has 0 atom stereocenters. The van der Waals surface area contributed by atoms with E-state index in [1.807, 2.05) is 55.5 Å². The first-order chi connectivity index (χ1) is 13.7. The molecule has 1 N–H and O–H groups in total. The predicted octanol–water partition coefficient (Wildman–Crippen LogP) is 4.18. The molecule has 1 heterocycles. The maximum absolute atomic E-state index is 12.0. The normalized spacial score (nSPS) is 10.8. The summed E-state index contributed by atoms with van der Waals surface area (Å²) < 4.78 is 16.9. The number of amides is 1. The zero-order valence-electron chi connectivity index (χ0n) is 15.1. The van der Waals surface area contributed by atoms with Crippen molar-refractivity contribution in [2.75, 3.05) is 6.61 Å². The van der Waals surface area contributed by atoms with Crippen molar-refractivity contribution in [2.45, 2.75) is 13.5 Å². The van der Waals surface area contributed by atoms with Gasteiger partial charge < -0.3 is 13.9 Å². The Morgan fingerprint density at radius 3 is 2.86 bits per heavy atom. The summed E-state index contributed by atoms with van der Waals surface area (Å²) in [6.45, 7) is 2.69. The standard InChI is InChI=1S/C20H18BrN3O4/c1-2-26-18-12-22-20(28-18)19(25)24-23-11-15-10-16(8-9-17(15)21)27-13-14-6-4-3-5-7-14/h3-12H,2,13H2,1H3,(H,24,25)/b23-11+. The first-order valence-electron chi connectivity index (χ1n) is 8.54. The summed E-state index contributed by atoms with van der Waals surface area (Å²) in [7, 11) is 0. The molecule has 0 saturated heterocycles. The molecule has 0 spiro atoms. The third-order valence-electron chi connectivity index (χ3n) is 3.55. The first-order valence-corrected chi connectivity index (χ1v) is 9.33. The minimum absolute atomic E-state index is 0.125. The van der Waals surface area contributed by atoms with E-state index in [1.54, 1.807) is 0 Å². The van der Waals surface area contributed by atoms with E-state index in [9.17, 15) is 4.79 Å². The molecular formula is C20H18BrN3O4. The largest absolute Gasteiger partial charge is 0.489 e. The molecule has 1 aromatic heterocycles. The molecule has 0 aliphatic carbocycles. The van der Waals surface area contributed by atoms with Crippen molar-refractivity contribution in [3.8, 4) is 11.7 Å². The second-order valence-electron chi connectivity index (χ2n) is 5.57. The van der Waals surface area contributed by atoms with Crippen molar-refractivity contribution in [2.24, 2.45) is 5.10 Å². The summed E-state index contributed by atoms with van der Waals surface area (Å²) in [4.78, 5) is 15.8. The maximum atomic E-state index is 12.0. The van der Waals surface area contributed by atoms with Crippen LogP contribution in [0.1, 0.15) is 28.7 Å². The zero-order chi connectivity index (χ0) is 19.8. The number of carbonyl (C=O) groups is 1. The van der Waals surface area contributed by atoms with Crippen LogP contribution in [0, 0.1) is 0 Å². The van der Waals surface area contributed by atoms with Crippen LogP contribution in [0.15, 0.2) is 68.7 Å². The molecule has 3 rings (SSSR count). The summed E-state index contributed by atoms with van der Waals surface area (Å²) >= 11 is 3.45. The van der Waals surface area contributed by atoms with Crippen molar-refractivity contribution in [3.05, 3.63) is 76.2 Å². The molecule has 7 nitrogen and oxygen atoms in total. The number of rotatable bonds is 8. The second kappa shape index (κ2) is 9.70. The van der Waals surface area contributed by atoms with E-state index in [-0.39, 0.29) is 11.8 Å². The molecule has 0 aliphatic rings. The number of halogens is 1. The highest BCUT2D eigenvalue weighted by Crippen LogP contribution is 2.22. The third-order valence-corrected chi connectivity index (χ3v) is 4.27. The van der Waals surface area contributed by atoms with Crippen molar-refractivity contribution in [1.29, 1.82) is 0 Å². The summed E-state index contributed by atoms with van der Waals surface area (Å²) in [5.74, 6) is 0.172. The second-order valence-corrected chi connectivity index (χ2v) is 6.43. The van der Waals surface area contributed by atoms with Gasteiger partial charge in [-0.2, -0.15) is 5.10 Å². The predicted molar refractivity (Wildman–Crippen MR) is 108 cm³/mol. The fraction of sp³-hybridized carbons (Fsp3) is 0.150. The van der Waals surface area contributed by atoms with Crippen LogP contribution in [0.4, 0.5) is 0 Å². The SMILES string of the molecule is CCOc1cnc(C(=O)N/N=C/c2cc(OCc3ccccc3)ccc2Br)o1. The van der Waals surface area contributed by atoms with E-state index in [2.05, 4.69) is 31.4 Å². The van der Waals surface area contributed by atoms with Gasteiger partial charge in [-0.15, -0.1) is 0 Å². The Balaban J connectivity index is 1.60. The Labute approximate surface area is 170 Å². The highest BCUT2D eigenvalue weighted by atomic mass is 79.9. The van der Waals surface area contributed by atoms with Crippen LogP contribution in [-0.2, 0) is 6.61 Å². The lowest BCUT2D eigenvalue weighted by Gasteiger charge is -2.08. The topological polar surface area (TPSA) is 86.0 Å². The van der Waals surface area contributed by atoms with Gasteiger partial charge in [0.05, 0.1) is 12.8 Å². The van der Waals surface area contributed by atoms with Gasteiger partial charge in [-0.3, -0.25) is 4.79 Å². The molecular weight excluding hydrogens is 426 g/mol. The highest BCUT2D eigenvalue weighted by molar-refractivity contribution is 9.10. The summed E-state index contributed by atoms with van der Waals surface area (Å²) in [6, 6.07) is 15.4. The Hall–Kier alpha value is -3.13. The average molecular weight is 444 g/mol. The smallest absolute Gasteiger partial charge is 0.327 e. The van der Waals surface area contributed by atoms with Gasteiger partial charge in [0.1, 0.15) is 18.6 Å². The van der Waals surface area contributed by atoms with Crippen molar-refractivity contribution < 1.29 is 18.7 Å². The van der Waals surface area contributed by atoms with Gasteiger partial charge in [-0.1, -0.05) is 46.3 Å². The van der Waals surface area contributed by atoms with Gasteiger partial charge in [-0.25, -0.2) is 10.4 Å². The summed E-state index contributed by atoms with van der Waals surface area (Å²) in [5, 5.41) is 3.94. The van der Waals surface area contributed by atoms with E-state index < -0.39 is 5.91 Å². The van der Waals surface area contributed by atoms with E-state index >= 15 is 0 Å². The molecule has 0 unspecified atom stereocenters. The number of nitrogens with zero attached hydrogens (tertiary/aromatic N) is 2. The van der Waals surface area contributed by atoms with Crippen molar-refractivity contribution in [3.63, 3.8) is 0 Å². The van der Waals surface area contributed by atoms with Gasteiger partial charge >= 0.3 is 11.9 Å². The van der Waals surface area contributed by atoms with Gasteiger partial charge in [0.15, 0.2) is 0 Å². The van der Waals surface area contributed by atoms with Crippen LogP contribution in [0.2, 0.25) is 0 Å². The lowest BCUT2D eigenvalue weighted by molar-refractivity contribution is 0.0912. The molecule has 2 aromatic carbocycles. The molecule has 3 aromatic rings. The summed E-state index contributed by atoms with van der Waals surface area (Å²) in [5.41, 5.74) is 4.18. The average Bonchev–Trinajstić information content (AvgIpc) is 3.18. The van der Waals surface area contributed by atoms with Crippen LogP contribution in [0.5, 0.6) is 11.7 Å². The molecule has 8 heteroatoms. The molecule has 144 valence electrons. The number of ether oxygens (including phenoxy) is 2. The fourth-order valence-electron chi connectivity index (χ4n) is 2.23. The number of carbonyl (C=O) groups excluding carboxylic acids is 1. The highest BCUT2D eigenvalue weighted by Gasteiger charge is 2.13. The van der Waals surface area contributed by atoms with Crippen LogP contribution >= 0.6 is 15.9 Å². The molecule has 0 aliphatic heterocycles. The number of nitrogens with one attached hydrogen (secondary N) is 1. The van der Waals surface area contributed by atoms with Crippen LogP contribution < -0.4 is 14.9 Å². The van der Waals surface area contributed by atoms with Crippen LogP contribution in [-0.4, -0.2) is 23.7 Å². The number of oxazole rings is 1. The van der Waals surface area contributed by atoms with E-state index in [0.29, 0.717) is 19.0 Å². The Morgan fingerprint density at radius 2 is 2.07 bits per heavy atom. The number of benzene rings is 2. The molecule has 28 heavy (non-hydrogen) atoms. The monoisotopic (exact) mass is 443 g/mol. The quantitative estimate of drug-likeness (QED) is 0.416. The first kappa shape index (κ1) is 19.6. The minimum Gasteiger partial charge on any atom is -0.489 e. The number of hydrazone groups is 1. The number of aromatic nitrogens is 1.